The molecule has 23 heavy (non-hydrogen) atoms. The van der Waals surface area contributed by atoms with E-state index in [4.69, 9.17) is 4.74 Å². The lowest BCUT2D eigenvalue weighted by Crippen LogP contribution is -2.39. The lowest BCUT2D eigenvalue weighted by atomic mass is 10.1. The van der Waals surface area contributed by atoms with Crippen molar-refractivity contribution in [3.05, 3.63) is 54.6 Å². The highest BCUT2D eigenvalue weighted by atomic mass is 35.5. The minimum Gasteiger partial charge on any atom is -0.483 e. The number of hydrogen-bond acceptors (Lipinski definition) is 3. The van der Waals surface area contributed by atoms with Gasteiger partial charge in [0, 0.05) is 18.2 Å². The molecular weight excluding hydrogens is 312 g/mol. The Labute approximate surface area is 142 Å². The van der Waals surface area contributed by atoms with Crippen LogP contribution in [0.15, 0.2) is 54.6 Å². The van der Waals surface area contributed by atoms with Crippen LogP contribution in [0.3, 0.4) is 0 Å². The third kappa shape index (κ3) is 4.71. The average molecular weight is 333 g/mol. The number of nitrogens with one attached hydrogen (secondary N) is 2. The lowest BCUT2D eigenvalue weighted by molar-refractivity contribution is -0.123. The predicted octanol–water partition coefficient (Wildman–Crippen LogP) is 2.63. The van der Waals surface area contributed by atoms with E-state index in [2.05, 4.69) is 10.6 Å². The summed E-state index contributed by atoms with van der Waals surface area (Å²) in [5, 5.41) is 6.21. The lowest BCUT2D eigenvalue weighted by Gasteiger charge is -2.14. The summed E-state index contributed by atoms with van der Waals surface area (Å²) in [5.41, 5.74) is 2.08. The number of halogens is 1. The molecule has 0 radical (unpaired) electrons. The highest BCUT2D eigenvalue weighted by Crippen LogP contribution is 2.29. The number of para-hydroxylation sites is 1. The first-order valence-electron chi connectivity index (χ1n) is 7.60. The monoisotopic (exact) mass is 332 g/mol. The molecule has 1 aliphatic rings. The van der Waals surface area contributed by atoms with Gasteiger partial charge in [-0.05, 0) is 24.6 Å². The van der Waals surface area contributed by atoms with E-state index in [-0.39, 0.29) is 31.0 Å². The second-order valence-electron chi connectivity index (χ2n) is 5.41. The van der Waals surface area contributed by atoms with Crippen LogP contribution in [0.25, 0.3) is 11.1 Å². The van der Waals surface area contributed by atoms with Gasteiger partial charge in [0.1, 0.15) is 5.75 Å². The van der Waals surface area contributed by atoms with E-state index in [1.54, 1.807) is 0 Å². The highest BCUT2D eigenvalue weighted by molar-refractivity contribution is 5.85. The van der Waals surface area contributed by atoms with Gasteiger partial charge in [-0.2, -0.15) is 0 Å². The summed E-state index contributed by atoms with van der Waals surface area (Å²) in [6.07, 6.45) is 0.979. The second-order valence-corrected chi connectivity index (χ2v) is 5.41. The number of hydrogen-bond donors (Lipinski definition) is 2. The van der Waals surface area contributed by atoms with Crippen molar-refractivity contribution in [1.29, 1.82) is 0 Å². The molecule has 122 valence electrons. The van der Waals surface area contributed by atoms with Gasteiger partial charge in [-0.25, -0.2) is 0 Å². The van der Waals surface area contributed by atoms with Gasteiger partial charge in [0.25, 0.3) is 5.91 Å². The van der Waals surface area contributed by atoms with Gasteiger partial charge in [-0.3, -0.25) is 4.79 Å². The van der Waals surface area contributed by atoms with Gasteiger partial charge in [0.05, 0.1) is 0 Å². The Kier molecular flexibility index (Phi) is 6.44. The number of ether oxygens (including phenoxy) is 1. The summed E-state index contributed by atoms with van der Waals surface area (Å²) in [6.45, 7) is 1.84. The minimum atomic E-state index is -0.0726. The van der Waals surface area contributed by atoms with Crippen molar-refractivity contribution in [2.45, 2.75) is 12.5 Å². The Morgan fingerprint density at radius 3 is 2.61 bits per heavy atom. The van der Waals surface area contributed by atoms with Crippen LogP contribution < -0.4 is 15.4 Å². The summed E-state index contributed by atoms with van der Waals surface area (Å²) in [7, 11) is 0. The molecule has 1 aliphatic heterocycles. The highest BCUT2D eigenvalue weighted by Gasteiger charge is 2.17. The Morgan fingerprint density at radius 1 is 1.13 bits per heavy atom. The summed E-state index contributed by atoms with van der Waals surface area (Å²) in [6, 6.07) is 18.0. The molecule has 1 fully saturated rings. The van der Waals surface area contributed by atoms with E-state index in [0.717, 1.165) is 36.4 Å². The zero-order chi connectivity index (χ0) is 15.2. The van der Waals surface area contributed by atoms with E-state index in [1.807, 2.05) is 54.6 Å². The van der Waals surface area contributed by atoms with Crippen molar-refractivity contribution in [1.82, 2.24) is 10.6 Å². The summed E-state index contributed by atoms with van der Waals surface area (Å²) >= 11 is 0. The third-order valence-corrected chi connectivity index (χ3v) is 3.76. The van der Waals surface area contributed by atoms with Crippen LogP contribution in [0.5, 0.6) is 5.75 Å². The molecule has 2 aromatic rings. The fraction of sp³-hybridized carbons (Fsp3) is 0.278. The summed E-state index contributed by atoms with van der Waals surface area (Å²) in [4.78, 5) is 12.0. The number of amides is 1. The van der Waals surface area contributed by atoms with Gasteiger partial charge in [-0.15, -0.1) is 12.4 Å². The van der Waals surface area contributed by atoms with Crippen molar-refractivity contribution in [2.75, 3.05) is 19.7 Å². The smallest absolute Gasteiger partial charge is 0.258 e. The Bertz CT molecular complexity index is 628. The Balaban J connectivity index is 0.00000192. The van der Waals surface area contributed by atoms with Crippen LogP contribution in [-0.4, -0.2) is 31.6 Å². The molecule has 1 atom stereocenters. The molecule has 0 bridgehead atoms. The molecule has 3 rings (SSSR count). The van der Waals surface area contributed by atoms with Gasteiger partial charge >= 0.3 is 0 Å². The van der Waals surface area contributed by atoms with E-state index < -0.39 is 0 Å². The molecule has 0 aromatic heterocycles. The largest absolute Gasteiger partial charge is 0.483 e. The molecule has 5 heteroatoms. The summed E-state index contributed by atoms with van der Waals surface area (Å²) in [5.74, 6) is 0.657. The maximum absolute atomic E-state index is 12.0. The molecule has 0 spiro atoms. The number of carbonyl (C=O) groups excluding carboxylic acids is 1. The molecule has 0 aliphatic carbocycles. The van der Waals surface area contributed by atoms with Gasteiger partial charge in [0.2, 0.25) is 0 Å². The maximum atomic E-state index is 12.0. The number of carbonyl (C=O) groups is 1. The first-order valence-corrected chi connectivity index (χ1v) is 7.60. The van der Waals surface area contributed by atoms with Crippen molar-refractivity contribution in [3.63, 3.8) is 0 Å². The van der Waals surface area contributed by atoms with Crippen LogP contribution >= 0.6 is 12.4 Å². The molecule has 1 heterocycles. The van der Waals surface area contributed by atoms with Gasteiger partial charge in [0.15, 0.2) is 6.61 Å². The molecule has 2 aromatic carbocycles. The standard InChI is InChI=1S/C18H20N2O2.ClH/c21-18(20-15-10-11-19-12-15)13-22-17-9-5-4-8-16(17)14-6-2-1-3-7-14;/h1-9,15,19H,10-13H2,(H,20,21);1H. The van der Waals surface area contributed by atoms with Crippen molar-refractivity contribution in [3.8, 4) is 16.9 Å². The fourth-order valence-corrected chi connectivity index (χ4v) is 2.64. The minimum absolute atomic E-state index is 0. The van der Waals surface area contributed by atoms with Crippen LogP contribution in [0, 0.1) is 0 Å². The topological polar surface area (TPSA) is 50.4 Å². The molecule has 0 saturated carbocycles. The van der Waals surface area contributed by atoms with E-state index >= 15 is 0 Å². The van der Waals surface area contributed by atoms with Gasteiger partial charge in [-0.1, -0.05) is 48.5 Å². The van der Waals surface area contributed by atoms with E-state index in [9.17, 15) is 4.79 Å². The average Bonchev–Trinajstić information content (AvgIpc) is 3.07. The van der Waals surface area contributed by atoms with Gasteiger partial charge < -0.3 is 15.4 Å². The summed E-state index contributed by atoms with van der Waals surface area (Å²) < 4.78 is 5.73. The molecule has 1 unspecified atom stereocenters. The third-order valence-electron chi connectivity index (χ3n) is 3.76. The van der Waals surface area contributed by atoms with Crippen LogP contribution in [0.2, 0.25) is 0 Å². The molecule has 1 saturated heterocycles. The fourth-order valence-electron chi connectivity index (χ4n) is 2.64. The maximum Gasteiger partial charge on any atom is 0.258 e. The first-order chi connectivity index (χ1) is 10.8. The van der Waals surface area contributed by atoms with Crippen molar-refractivity contribution in [2.24, 2.45) is 0 Å². The molecular formula is C18H21ClN2O2. The molecule has 4 nitrogen and oxygen atoms in total. The zero-order valence-corrected chi connectivity index (χ0v) is 13.6. The Hall–Kier alpha value is -2.04. The van der Waals surface area contributed by atoms with Crippen LogP contribution in [0.4, 0.5) is 0 Å². The van der Waals surface area contributed by atoms with Crippen molar-refractivity contribution >= 4 is 18.3 Å². The van der Waals surface area contributed by atoms with E-state index in [1.165, 1.54) is 0 Å². The zero-order valence-electron chi connectivity index (χ0n) is 12.8. The quantitative estimate of drug-likeness (QED) is 0.885. The number of rotatable bonds is 5. The molecule has 2 N–H and O–H groups in total. The SMILES string of the molecule is Cl.O=C(COc1ccccc1-c1ccccc1)NC1CCNC1. The second kappa shape index (κ2) is 8.56. The first kappa shape index (κ1) is 17.3. The normalized spacial score (nSPS) is 16.4. The van der Waals surface area contributed by atoms with Crippen molar-refractivity contribution < 1.29 is 9.53 Å². The Morgan fingerprint density at radius 2 is 1.87 bits per heavy atom. The number of benzene rings is 2. The van der Waals surface area contributed by atoms with Crippen LogP contribution in [0.1, 0.15) is 6.42 Å². The van der Waals surface area contributed by atoms with E-state index in [0.29, 0.717) is 0 Å². The van der Waals surface area contributed by atoms with Crippen LogP contribution in [-0.2, 0) is 4.79 Å². The predicted molar refractivity (Wildman–Crippen MR) is 94.0 cm³/mol. The molecule has 1 amide bonds.